The molecule has 2 nitrogen and oxygen atoms in total. The van der Waals surface area contributed by atoms with Gasteiger partial charge in [-0.2, -0.15) is 0 Å². The predicted octanol–water partition coefficient (Wildman–Crippen LogP) is 3.23. The average Bonchev–Trinajstić information content (AvgIpc) is 2.78. The molecule has 0 unspecified atom stereocenters. The first kappa shape index (κ1) is 13.1. The van der Waals surface area contributed by atoms with Crippen LogP contribution in [0.4, 0.5) is 0 Å². The zero-order chi connectivity index (χ0) is 12.1. The Balaban J connectivity index is 1.85. The van der Waals surface area contributed by atoms with Gasteiger partial charge in [0.2, 0.25) is 0 Å². The minimum absolute atomic E-state index is 0.818. The minimum Gasteiger partial charge on any atom is -0.315 e. The van der Waals surface area contributed by atoms with E-state index in [1.807, 2.05) is 18.4 Å². The smallest absolute Gasteiger partial charge is 0.0327 e. The van der Waals surface area contributed by atoms with Crippen LogP contribution in [0.15, 0.2) is 12.1 Å². The molecule has 0 aliphatic heterocycles. The normalized spacial score (nSPS) is 17.8. The van der Waals surface area contributed by atoms with E-state index in [0.29, 0.717) is 0 Å². The lowest BCUT2D eigenvalue weighted by atomic mass is 9.94. The van der Waals surface area contributed by atoms with Crippen LogP contribution in [-0.2, 0) is 13.1 Å². The molecule has 1 saturated carbocycles. The first-order valence-electron chi connectivity index (χ1n) is 6.72. The Morgan fingerprint density at radius 2 is 1.94 bits per heavy atom. The van der Waals surface area contributed by atoms with Gasteiger partial charge in [-0.3, -0.25) is 4.90 Å². The van der Waals surface area contributed by atoms with E-state index in [-0.39, 0.29) is 0 Å². The SMILES string of the molecule is CNCc1ccc(CN(C)C2CCCCC2)s1. The Morgan fingerprint density at radius 3 is 2.65 bits per heavy atom. The van der Waals surface area contributed by atoms with Crippen LogP contribution in [-0.4, -0.2) is 25.0 Å². The predicted molar refractivity (Wildman–Crippen MR) is 75.4 cm³/mol. The molecule has 1 heterocycles. The number of nitrogens with one attached hydrogen (secondary N) is 1. The van der Waals surface area contributed by atoms with Gasteiger partial charge in [0.1, 0.15) is 0 Å². The number of hydrogen-bond donors (Lipinski definition) is 1. The molecular weight excluding hydrogens is 228 g/mol. The third-order valence-corrected chi connectivity index (χ3v) is 4.74. The Hall–Kier alpha value is -0.380. The summed E-state index contributed by atoms with van der Waals surface area (Å²) in [6.07, 6.45) is 7.07. The van der Waals surface area contributed by atoms with E-state index in [1.165, 1.54) is 41.9 Å². The molecule has 1 aromatic heterocycles. The van der Waals surface area contributed by atoms with Crippen LogP contribution in [0.1, 0.15) is 41.9 Å². The zero-order valence-corrected chi connectivity index (χ0v) is 11.9. The van der Waals surface area contributed by atoms with E-state index < -0.39 is 0 Å². The summed E-state index contributed by atoms with van der Waals surface area (Å²) in [7, 11) is 4.29. The molecule has 1 N–H and O–H groups in total. The highest BCUT2D eigenvalue weighted by molar-refractivity contribution is 7.11. The second-order valence-electron chi connectivity index (χ2n) is 5.11. The lowest BCUT2D eigenvalue weighted by Gasteiger charge is -2.30. The van der Waals surface area contributed by atoms with Gasteiger partial charge in [0, 0.05) is 28.9 Å². The summed E-state index contributed by atoms with van der Waals surface area (Å²) >= 11 is 1.95. The maximum atomic E-state index is 3.21. The molecule has 0 atom stereocenters. The summed E-state index contributed by atoms with van der Waals surface area (Å²) in [5.74, 6) is 0. The van der Waals surface area contributed by atoms with Gasteiger partial charge in [0.15, 0.2) is 0 Å². The highest BCUT2D eigenvalue weighted by Gasteiger charge is 2.18. The summed E-state index contributed by atoms with van der Waals surface area (Å²) < 4.78 is 0. The summed E-state index contributed by atoms with van der Waals surface area (Å²) in [6.45, 7) is 2.12. The maximum Gasteiger partial charge on any atom is 0.0327 e. The highest BCUT2D eigenvalue weighted by atomic mass is 32.1. The summed E-state index contributed by atoms with van der Waals surface area (Å²) in [5.41, 5.74) is 0. The first-order valence-corrected chi connectivity index (χ1v) is 7.53. The van der Waals surface area contributed by atoms with Crippen molar-refractivity contribution in [2.45, 2.75) is 51.2 Å². The van der Waals surface area contributed by atoms with Gasteiger partial charge in [-0.25, -0.2) is 0 Å². The van der Waals surface area contributed by atoms with E-state index in [2.05, 4.69) is 29.4 Å². The molecular formula is C14H24N2S. The Kier molecular flexibility index (Phi) is 5.01. The standard InChI is InChI=1S/C14H24N2S/c1-15-10-13-8-9-14(17-13)11-16(2)12-6-4-3-5-7-12/h8-9,12,15H,3-7,10-11H2,1-2H3. The first-order chi connectivity index (χ1) is 8.29. The molecule has 0 saturated heterocycles. The van der Waals surface area contributed by atoms with Crippen LogP contribution >= 0.6 is 11.3 Å². The van der Waals surface area contributed by atoms with Gasteiger partial charge in [-0.1, -0.05) is 19.3 Å². The molecule has 0 amide bonds. The van der Waals surface area contributed by atoms with Gasteiger partial charge < -0.3 is 5.32 Å². The van der Waals surface area contributed by atoms with Crippen molar-refractivity contribution >= 4 is 11.3 Å². The number of nitrogens with zero attached hydrogens (tertiary/aromatic N) is 1. The van der Waals surface area contributed by atoms with Crippen LogP contribution in [0, 0.1) is 0 Å². The summed E-state index contributed by atoms with van der Waals surface area (Å²) in [5, 5.41) is 3.21. The van der Waals surface area contributed by atoms with Gasteiger partial charge >= 0.3 is 0 Å². The van der Waals surface area contributed by atoms with Crippen LogP contribution in [0.5, 0.6) is 0 Å². The van der Waals surface area contributed by atoms with Crippen molar-refractivity contribution in [2.75, 3.05) is 14.1 Å². The largest absolute Gasteiger partial charge is 0.315 e. The molecule has 0 aromatic carbocycles. The van der Waals surface area contributed by atoms with Crippen LogP contribution < -0.4 is 5.32 Å². The highest BCUT2D eigenvalue weighted by Crippen LogP contribution is 2.24. The topological polar surface area (TPSA) is 15.3 Å². The van der Waals surface area contributed by atoms with Gasteiger partial charge in [-0.05, 0) is 39.1 Å². The summed E-state index contributed by atoms with van der Waals surface area (Å²) in [4.78, 5) is 5.50. The van der Waals surface area contributed by atoms with E-state index in [0.717, 1.165) is 19.1 Å². The molecule has 1 fully saturated rings. The van der Waals surface area contributed by atoms with Crippen molar-refractivity contribution in [3.05, 3.63) is 21.9 Å². The Bertz CT molecular complexity index is 329. The van der Waals surface area contributed by atoms with Gasteiger partial charge in [-0.15, -0.1) is 11.3 Å². The van der Waals surface area contributed by atoms with E-state index in [4.69, 9.17) is 0 Å². The molecule has 17 heavy (non-hydrogen) atoms. The molecule has 0 radical (unpaired) electrons. The average molecular weight is 252 g/mol. The monoisotopic (exact) mass is 252 g/mol. The fourth-order valence-electron chi connectivity index (χ4n) is 2.67. The van der Waals surface area contributed by atoms with Crippen molar-refractivity contribution in [3.8, 4) is 0 Å². The molecule has 1 aromatic rings. The molecule has 0 bridgehead atoms. The van der Waals surface area contributed by atoms with Gasteiger partial charge in [0.25, 0.3) is 0 Å². The molecule has 0 spiro atoms. The van der Waals surface area contributed by atoms with Crippen LogP contribution in [0.3, 0.4) is 0 Å². The fourth-order valence-corrected chi connectivity index (χ4v) is 3.77. The number of hydrogen-bond acceptors (Lipinski definition) is 3. The third-order valence-electron chi connectivity index (χ3n) is 3.67. The molecule has 2 rings (SSSR count). The molecule has 3 heteroatoms. The minimum atomic E-state index is 0.818. The van der Waals surface area contributed by atoms with Crippen LogP contribution in [0.2, 0.25) is 0 Å². The Morgan fingerprint density at radius 1 is 1.24 bits per heavy atom. The van der Waals surface area contributed by atoms with E-state index >= 15 is 0 Å². The summed E-state index contributed by atoms with van der Waals surface area (Å²) in [6, 6.07) is 5.36. The maximum absolute atomic E-state index is 3.21. The quantitative estimate of drug-likeness (QED) is 0.865. The second kappa shape index (κ2) is 6.53. The lowest BCUT2D eigenvalue weighted by molar-refractivity contribution is 0.186. The third kappa shape index (κ3) is 3.80. The molecule has 1 aliphatic carbocycles. The van der Waals surface area contributed by atoms with Gasteiger partial charge in [0.05, 0.1) is 0 Å². The van der Waals surface area contributed by atoms with Crippen molar-refractivity contribution in [2.24, 2.45) is 0 Å². The van der Waals surface area contributed by atoms with Crippen LogP contribution in [0.25, 0.3) is 0 Å². The van der Waals surface area contributed by atoms with Crippen molar-refractivity contribution in [1.29, 1.82) is 0 Å². The van der Waals surface area contributed by atoms with Crippen molar-refractivity contribution < 1.29 is 0 Å². The number of thiophene rings is 1. The number of rotatable bonds is 5. The van der Waals surface area contributed by atoms with E-state index in [9.17, 15) is 0 Å². The van der Waals surface area contributed by atoms with Crippen molar-refractivity contribution in [3.63, 3.8) is 0 Å². The lowest BCUT2D eigenvalue weighted by Crippen LogP contribution is -2.32. The van der Waals surface area contributed by atoms with E-state index in [1.54, 1.807) is 0 Å². The molecule has 1 aliphatic rings. The fraction of sp³-hybridized carbons (Fsp3) is 0.714. The molecule has 96 valence electrons. The zero-order valence-electron chi connectivity index (χ0n) is 11.0. The Labute approximate surface area is 109 Å². The second-order valence-corrected chi connectivity index (χ2v) is 6.36. The van der Waals surface area contributed by atoms with Crippen molar-refractivity contribution in [1.82, 2.24) is 10.2 Å².